The van der Waals surface area contributed by atoms with Crippen molar-refractivity contribution in [3.8, 4) is 5.75 Å². The summed E-state index contributed by atoms with van der Waals surface area (Å²) >= 11 is 3.17. The molecule has 0 atom stereocenters. The van der Waals surface area contributed by atoms with E-state index in [1.807, 2.05) is 24.3 Å². The second kappa shape index (κ2) is 9.56. The highest BCUT2D eigenvalue weighted by Gasteiger charge is 2.13. The lowest BCUT2D eigenvalue weighted by Gasteiger charge is -2.32. The zero-order valence-electron chi connectivity index (χ0n) is 12.3. The molecule has 0 amide bonds. The molecule has 118 valence electrons. The van der Waals surface area contributed by atoms with E-state index in [0.29, 0.717) is 17.5 Å². The van der Waals surface area contributed by atoms with Crippen molar-refractivity contribution in [2.45, 2.75) is 0 Å². The Bertz CT molecular complexity index is 432. The summed E-state index contributed by atoms with van der Waals surface area (Å²) in [4.78, 5) is 16.2. The summed E-state index contributed by atoms with van der Waals surface area (Å²) in [7, 11) is 2.16. The number of hydrogen-bond acceptors (Lipinski definition) is 4. The lowest BCUT2D eigenvalue weighted by atomic mass is 10.1. The number of alkyl halides is 1. The topological polar surface area (TPSA) is 32.8 Å². The van der Waals surface area contributed by atoms with E-state index in [0.717, 1.165) is 38.5 Å². The number of rotatable bonds is 6. The number of hydrogen-bond donors (Lipinski definition) is 0. The zero-order chi connectivity index (χ0) is 14.4. The fourth-order valence-electron chi connectivity index (χ4n) is 2.18. The number of ether oxygens (including phenoxy) is 1. The number of likely N-dealkylation sites (N-methyl/N-ethyl adjacent to an activating group) is 1. The Kier molecular flexibility index (Phi) is 8.48. The summed E-state index contributed by atoms with van der Waals surface area (Å²) < 4.78 is 5.73. The molecule has 1 heterocycles. The number of Topliss-reactive ketones (excluding diaryl/α,β-unsaturated/α-hetero) is 1. The minimum atomic E-state index is 0. The van der Waals surface area contributed by atoms with Crippen molar-refractivity contribution in [2.24, 2.45) is 0 Å². The van der Waals surface area contributed by atoms with E-state index in [1.54, 1.807) is 0 Å². The van der Waals surface area contributed by atoms with Crippen molar-refractivity contribution in [3.63, 3.8) is 0 Å². The second-order valence-corrected chi connectivity index (χ2v) is 5.64. The fraction of sp³-hybridized carbons (Fsp3) is 0.533. The van der Waals surface area contributed by atoms with E-state index in [-0.39, 0.29) is 22.8 Å². The maximum absolute atomic E-state index is 11.5. The standard InChI is InChI=1S/C15H21BrN2O2.BrH/c1-17-6-8-18(9-7-17)10-11-20-14-4-2-13(3-5-14)15(19)12-16;/h2-5H,6-12H2,1H3;1H. The molecule has 1 fully saturated rings. The molecule has 0 N–H and O–H groups in total. The third kappa shape index (κ3) is 6.06. The van der Waals surface area contributed by atoms with Gasteiger partial charge in [-0.3, -0.25) is 9.69 Å². The van der Waals surface area contributed by atoms with Gasteiger partial charge in [0.1, 0.15) is 12.4 Å². The van der Waals surface area contributed by atoms with Crippen LogP contribution in [0.1, 0.15) is 10.4 Å². The molecular formula is C15H22Br2N2O2. The first-order chi connectivity index (χ1) is 9.69. The molecule has 0 unspecified atom stereocenters. The van der Waals surface area contributed by atoms with Crippen molar-refractivity contribution in [1.82, 2.24) is 9.80 Å². The Labute approximate surface area is 145 Å². The van der Waals surface area contributed by atoms with Gasteiger partial charge in [0.2, 0.25) is 0 Å². The van der Waals surface area contributed by atoms with Crippen LogP contribution in [0.2, 0.25) is 0 Å². The van der Waals surface area contributed by atoms with Crippen LogP contribution in [-0.2, 0) is 0 Å². The number of ketones is 1. The Balaban J connectivity index is 0.00000220. The van der Waals surface area contributed by atoms with Crippen LogP contribution in [0.25, 0.3) is 0 Å². The van der Waals surface area contributed by atoms with Crippen LogP contribution < -0.4 is 4.74 Å². The summed E-state index contributed by atoms with van der Waals surface area (Å²) in [5.74, 6) is 0.916. The van der Waals surface area contributed by atoms with Crippen LogP contribution in [0.15, 0.2) is 24.3 Å². The van der Waals surface area contributed by atoms with E-state index in [2.05, 4.69) is 32.8 Å². The summed E-state index contributed by atoms with van der Waals surface area (Å²) in [6, 6.07) is 7.35. The average Bonchev–Trinajstić information content (AvgIpc) is 2.49. The van der Waals surface area contributed by atoms with Gasteiger partial charge in [-0.2, -0.15) is 0 Å². The van der Waals surface area contributed by atoms with Crippen LogP contribution in [0, 0.1) is 0 Å². The van der Waals surface area contributed by atoms with Gasteiger partial charge in [0.25, 0.3) is 0 Å². The van der Waals surface area contributed by atoms with Gasteiger partial charge < -0.3 is 9.64 Å². The van der Waals surface area contributed by atoms with Gasteiger partial charge in [-0.05, 0) is 31.3 Å². The monoisotopic (exact) mass is 420 g/mol. The Morgan fingerprint density at radius 1 is 1.19 bits per heavy atom. The Morgan fingerprint density at radius 3 is 2.38 bits per heavy atom. The van der Waals surface area contributed by atoms with E-state index in [4.69, 9.17) is 4.74 Å². The maximum atomic E-state index is 11.5. The van der Waals surface area contributed by atoms with Crippen molar-refractivity contribution in [3.05, 3.63) is 29.8 Å². The van der Waals surface area contributed by atoms with Crippen molar-refractivity contribution >= 4 is 38.7 Å². The molecular weight excluding hydrogens is 400 g/mol. The summed E-state index contributed by atoms with van der Waals surface area (Å²) in [6.07, 6.45) is 0. The van der Waals surface area contributed by atoms with Gasteiger partial charge in [-0.25, -0.2) is 0 Å². The number of benzene rings is 1. The zero-order valence-corrected chi connectivity index (χ0v) is 15.6. The Hall–Kier alpha value is -0.430. The predicted octanol–water partition coefficient (Wildman–Crippen LogP) is 2.47. The number of piperazine rings is 1. The van der Waals surface area contributed by atoms with E-state index < -0.39 is 0 Å². The molecule has 1 aromatic rings. The molecule has 2 rings (SSSR count). The molecule has 21 heavy (non-hydrogen) atoms. The number of carbonyl (C=O) groups is 1. The quantitative estimate of drug-likeness (QED) is 0.521. The summed E-state index contributed by atoms with van der Waals surface area (Å²) in [5.41, 5.74) is 0.716. The van der Waals surface area contributed by atoms with Gasteiger partial charge in [-0.1, -0.05) is 15.9 Å². The largest absolute Gasteiger partial charge is 0.492 e. The van der Waals surface area contributed by atoms with Crippen molar-refractivity contribution in [2.75, 3.05) is 51.7 Å². The molecule has 0 aliphatic carbocycles. The smallest absolute Gasteiger partial charge is 0.173 e. The molecule has 1 aliphatic heterocycles. The predicted molar refractivity (Wildman–Crippen MR) is 94.3 cm³/mol. The molecule has 1 aromatic carbocycles. The van der Waals surface area contributed by atoms with E-state index in [1.165, 1.54) is 0 Å². The molecule has 0 aromatic heterocycles. The first kappa shape index (κ1) is 18.6. The molecule has 1 saturated heterocycles. The molecule has 1 aliphatic rings. The average molecular weight is 422 g/mol. The van der Waals surface area contributed by atoms with Gasteiger partial charge in [0.05, 0.1) is 5.33 Å². The molecule has 0 spiro atoms. The highest BCUT2D eigenvalue weighted by molar-refractivity contribution is 9.09. The molecule has 4 nitrogen and oxygen atoms in total. The summed E-state index contributed by atoms with van der Waals surface area (Å²) in [5, 5.41) is 0.358. The number of halogens is 2. The molecule has 0 saturated carbocycles. The van der Waals surface area contributed by atoms with Crippen LogP contribution in [-0.4, -0.2) is 67.3 Å². The SMILES string of the molecule is Br.CN1CCN(CCOc2ccc(C(=O)CBr)cc2)CC1. The Morgan fingerprint density at radius 2 is 1.81 bits per heavy atom. The highest BCUT2D eigenvalue weighted by Crippen LogP contribution is 2.13. The minimum Gasteiger partial charge on any atom is -0.492 e. The van der Waals surface area contributed by atoms with Crippen LogP contribution >= 0.6 is 32.9 Å². The maximum Gasteiger partial charge on any atom is 0.173 e. The number of carbonyl (C=O) groups excluding carboxylic acids is 1. The van der Waals surface area contributed by atoms with Crippen LogP contribution in [0.4, 0.5) is 0 Å². The van der Waals surface area contributed by atoms with Gasteiger partial charge in [0, 0.05) is 38.3 Å². The third-order valence-corrected chi connectivity index (χ3v) is 4.08. The lowest BCUT2D eigenvalue weighted by molar-refractivity contribution is 0.102. The lowest BCUT2D eigenvalue weighted by Crippen LogP contribution is -2.45. The molecule has 0 radical (unpaired) electrons. The van der Waals surface area contributed by atoms with Gasteiger partial charge in [0.15, 0.2) is 5.78 Å². The third-order valence-electron chi connectivity index (χ3n) is 3.57. The second-order valence-electron chi connectivity index (χ2n) is 5.07. The first-order valence-electron chi connectivity index (χ1n) is 6.92. The molecule has 0 bridgehead atoms. The number of nitrogens with zero attached hydrogens (tertiary/aromatic N) is 2. The van der Waals surface area contributed by atoms with E-state index in [9.17, 15) is 4.79 Å². The molecule has 6 heteroatoms. The van der Waals surface area contributed by atoms with Crippen LogP contribution in [0.5, 0.6) is 5.75 Å². The van der Waals surface area contributed by atoms with Crippen molar-refractivity contribution in [1.29, 1.82) is 0 Å². The fourth-order valence-corrected chi connectivity index (χ4v) is 2.50. The van der Waals surface area contributed by atoms with Gasteiger partial charge in [-0.15, -0.1) is 17.0 Å². The summed E-state index contributed by atoms with van der Waals surface area (Å²) in [6.45, 7) is 6.12. The van der Waals surface area contributed by atoms with Gasteiger partial charge >= 0.3 is 0 Å². The first-order valence-corrected chi connectivity index (χ1v) is 8.04. The van der Waals surface area contributed by atoms with Crippen LogP contribution in [0.3, 0.4) is 0 Å². The van der Waals surface area contributed by atoms with E-state index >= 15 is 0 Å². The normalized spacial score (nSPS) is 16.3. The van der Waals surface area contributed by atoms with Crippen molar-refractivity contribution < 1.29 is 9.53 Å². The minimum absolute atomic E-state index is 0. The highest BCUT2D eigenvalue weighted by atomic mass is 79.9.